The summed E-state index contributed by atoms with van der Waals surface area (Å²) in [7, 11) is 0. The predicted molar refractivity (Wildman–Crippen MR) is 76.2 cm³/mol. The van der Waals surface area contributed by atoms with Gasteiger partial charge in [-0.15, -0.1) is 0 Å². The molecule has 0 heterocycles. The number of carbonyl (C=O) groups is 2. The Morgan fingerprint density at radius 2 is 1.55 bits per heavy atom. The number of carboxylic acids is 1. The van der Waals surface area contributed by atoms with Crippen molar-refractivity contribution in [2.45, 2.75) is 69.7 Å². The second kappa shape index (κ2) is 6.12. The predicted octanol–water partition coefficient (Wildman–Crippen LogP) is 1.80. The Balaban J connectivity index is 1.98. The molecular formula is C15H26N2O3. The number of nitrogens with one attached hydrogen (secondary N) is 1. The summed E-state index contributed by atoms with van der Waals surface area (Å²) in [5.74, 6) is -1.03. The van der Waals surface area contributed by atoms with E-state index in [-0.39, 0.29) is 11.3 Å². The molecule has 0 unspecified atom stereocenters. The molecule has 0 atom stereocenters. The molecule has 114 valence electrons. The number of nitrogens with two attached hydrogens (primary N) is 1. The van der Waals surface area contributed by atoms with Crippen LogP contribution in [0.5, 0.6) is 0 Å². The van der Waals surface area contributed by atoms with Crippen LogP contribution in [0.15, 0.2) is 0 Å². The summed E-state index contributed by atoms with van der Waals surface area (Å²) >= 11 is 0. The Morgan fingerprint density at radius 3 is 2.05 bits per heavy atom. The van der Waals surface area contributed by atoms with Crippen LogP contribution in [0.3, 0.4) is 0 Å². The van der Waals surface area contributed by atoms with E-state index in [1.807, 2.05) is 0 Å². The Bertz CT molecular complexity index is 369. The third-order valence-corrected chi connectivity index (χ3v) is 5.13. The van der Waals surface area contributed by atoms with Crippen LogP contribution in [-0.2, 0) is 9.59 Å². The number of rotatable bonds is 5. The molecule has 2 aliphatic carbocycles. The average Bonchev–Trinajstić information content (AvgIpc) is 2.89. The van der Waals surface area contributed by atoms with Gasteiger partial charge in [0.15, 0.2) is 0 Å². The zero-order chi connectivity index (χ0) is 14.6. The number of hydrogen-bond donors (Lipinski definition) is 3. The number of carbonyl (C=O) groups excluding carboxylic acids is 1. The Hall–Kier alpha value is -1.10. The molecule has 20 heavy (non-hydrogen) atoms. The van der Waals surface area contributed by atoms with Gasteiger partial charge >= 0.3 is 5.97 Å². The standard InChI is InChI=1S/C15H26N2O3/c16-11-14(6-2-1-3-7-14)10-12(18)17-15(13(19)20)8-4-5-9-15/h1-11,16H2,(H,17,18)(H,19,20). The van der Waals surface area contributed by atoms with Crippen molar-refractivity contribution in [3.8, 4) is 0 Å². The van der Waals surface area contributed by atoms with E-state index in [0.29, 0.717) is 25.8 Å². The Kier molecular flexibility index (Phi) is 4.68. The van der Waals surface area contributed by atoms with E-state index in [9.17, 15) is 14.7 Å². The number of hydrogen-bond acceptors (Lipinski definition) is 3. The highest BCUT2D eigenvalue weighted by molar-refractivity contribution is 5.87. The number of carboxylic acid groups (broad SMARTS) is 1. The number of aliphatic carboxylic acids is 1. The van der Waals surface area contributed by atoms with Gasteiger partial charge in [-0.3, -0.25) is 4.79 Å². The minimum Gasteiger partial charge on any atom is -0.480 e. The SMILES string of the molecule is NCC1(CC(=O)NC2(C(=O)O)CCCC2)CCCCC1. The van der Waals surface area contributed by atoms with Gasteiger partial charge in [0.05, 0.1) is 0 Å². The van der Waals surface area contributed by atoms with Gasteiger partial charge in [-0.2, -0.15) is 0 Å². The van der Waals surface area contributed by atoms with Crippen molar-refractivity contribution >= 4 is 11.9 Å². The highest BCUT2D eigenvalue weighted by atomic mass is 16.4. The lowest BCUT2D eigenvalue weighted by molar-refractivity contribution is -0.147. The average molecular weight is 282 g/mol. The lowest BCUT2D eigenvalue weighted by Gasteiger charge is -2.36. The normalized spacial score (nSPS) is 24.2. The molecule has 0 radical (unpaired) electrons. The molecule has 0 aliphatic heterocycles. The summed E-state index contributed by atoms with van der Waals surface area (Å²) in [6, 6.07) is 0. The molecule has 2 aliphatic rings. The van der Waals surface area contributed by atoms with Crippen LogP contribution < -0.4 is 11.1 Å². The van der Waals surface area contributed by atoms with Gasteiger partial charge in [-0.05, 0) is 37.6 Å². The van der Waals surface area contributed by atoms with Crippen molar-refractivity contribution in [3.63, 3.8) is 0 Å². The zero-order valence-corrected chi connectivity index (χ0v) is 12.1. The molecule has 0 aromatic carbocycles. The molecule has 4 N–H and O–H groups in total. The summed E-state index contributed by atoms with van der Waals surface area (Å²) in [6.45, 7) is 0.514. The molecule has 0 aromatic rings. The van der Waals surface area contributed by atoms with Gasteiger partial charge in [-0.1, -0.05) is 32.1 Å². The fourth-order valence-electron chi connectivity index (χ4n) is 3.78. The summed E-state index contributed by atoms with van der Waals surface area (Å²) in [5, 5.41) is 12.2. The van der Waals surface area contributed by atoms with Crippen LogP contribution >= 0.6 is 0 Å². The smallest absolute Gasteiger partial charge is 0.329 e. The monoisotopic (exact) mass is 282 g/mol. The van der Waals surface area contributed by atoms with Crippen molar-refractivity contribution in [1.82, 2.24) is 5.32 Å². The molecule has 2 saturated carbocycles. The minimum atomic E-state index is -1.03. The van der Waals surface area contributed by atoms with Gasteiger partial charge in [0, 0.05) is 6.42 Å². The second-order valence-electron chi connectivity index (χ2n) is 6.58. The van der Waals surface area contributed by atoms with Crippen LogP contribution in [0, 0.1) is 5.41 Å². The number of amides is 1. The highest BCUT2D eigenvalue weighted by Gasteiger charge is 2.43. The first-order valence-electron chi connectivity index (χ1n) is 7.76. The topological polar surface area (TPSA) is 92.4 Å². The Labute approximate surface area is 120 Å². The van der Waals surface area contributed by atoms with E-state index in [1.165, 1.54) is 6.42 Å². The fourth-order valence-corrected chi connectivity index (χ4v) is 3.78. The largest absolute Gasteiger partial charge is 0.480 e. The van der Waals surface area contributed by atoms with E-state index in [2.05, 4.69) is 5.32 Å². The molecular weight excluding hydrogens is 256 g/mol. The van der Waals surface area contributed by atoms with Crippen LogP contribution in [0.2, 0.25) is 0 Å². The third kappa shape index (κ3) is 3.14. The molecule has 2 rings (SSSR count). The third-order valence-electron chi connectivity index (χ3n) is 5.13. The molecule has 5 heteroatoms. The molecule has 5 nitrogen and oxygen atoms in total. The van der Waals surface area contributed by atoms with Gasteiger partial charge in [0.2, 0.25) is 5.91 Å². The Morgan fingerprint density at radius 1 is 1.00 bits per heavy atom. The van der Waals surface area contributed by atoms with Crippen LogP contribution in [0.1, 0.15) is 64.2 Å². The first-order valence-corrected chi connectivity index (χ1v) is 7.76. The first-order chi connectivity index (χ1) is 9.52. The molecule has 0 saturated heterocycles. The van der Waals surface area contributed by atoms with Crippen LogP contribution in [-0.4, -0.2) is 29.1 Å². The van der Waals surface area contributed by atoms with Gasteiger partial charge in [-0.25, -0.2) is 4.79 Å². The van der Waals surface area contributed by atoms with E-state index >= 15 is 0 Å². The fraction of sp³-hybridized carbons (Fsp3) is 0.867. The van der Waals surface area contributed by atoms with Crippen molar-refractivity contribution in [2.24, 2.45) is 11.1 Å². The molecule has 0 bridgehead atoms. The summed E-state index contributed by atoms with van der Waals surface area (Å²) < 4.78 is 0. The van der Waals surface area contributed by atoms with E-state index < -0.39 is 11.5 Å². The van der Waals surface area contributed by atoms with E-state index in [4.69, 9.17) is 5.73 Å². The van der Waals surface area contributed by atoms with E-state index in [0.717, 1.165) is 38.5 Å². The van der Waals surface area contributed by atoms with E-state index in [1.54, 1.807) is 0 Å². The first kappa shape index (κ1) is 15.3. The maximum Gasteiger partial charge on any atom is 0.329 e. The molecule has 1 amide bonds. The maximum atomic E-state index is 12.3. The van der Waals surface area contributed by atoms with Crippen molar-refractivity contribution in [2.75, 3.05) is 6.54 Å². The van der Waals surface area contributed by atoms with Crippen LogP contribution in [0.4, 0.5) is 0 Å². The van der Waals surface area contributed by atoms with Gasteiger partial charge in [0.1, 0.15) is 5.54 Å². The molecule has 0 aromatic heterocycles. The van der Waals surface area contributed by atoms with Crippen molar-refractivity contribution in [3.05, 3.63) is 0 Å². The lowest BCUT2D eigenvalue weighted by Crippen LogP contribution is -2.53. The molecule has 0 spiro atoms. The highest BCUT2D eigenvalue weighted by Crippen LogP contribution is 2.39. The van der Waals surface area contributed by atoms with Crippen molar-refractivity contribution in [1.29, 1.82) is 0 Å². The summed E-state index contributed by atoms with van der Waals surface area (Å²) in [5.41, 5.74) is 4.75. The minimum absolute atomic E-state index is 0.110. The zero-order valence-electron chi connectivity index (χ0n) is 12.1. The van der Waals surface area contributed by atoms with Crippen molar-refractivity contribution < 1.29 is 14.7 Å². The van der Waals surface area contributed by atoms with Gasteiger partial charge in [0.25, 0.3) is 0 Å². The molecule has 2 fully saturated rings. The lowest BCUT2D eigenvalue weighted by atomic mass is 9.71. The summed E-state index contributed by atoms with van der Waals surface area (Å²) in [4.78, 5) is 23.8. The van der Waals surface area contributed by atoms with Gasteiger partial charge < -0.3 is 16.2 Å². The second-order valence-corrected chi connectivity index (χ2v) is 6.58. The maximum absolute atomic E-state index is 12.3. The quantitative estimate of drug-likeness (QED) is 0.717. The summed E-state index contributed by atoms with van der Waals surface area (Å²) in [6.07, 6.45) is 8.62. The van der Waals surface area contributed by atoms with Crippen LogP contribution in [0.25, 0.3) is 0 Å².